The molecule has 1 heterocycles. The third kappa shape index (κ3) is 5.97. The van der Waals surface area contributed by atoms with Gasteiger partial charge in [0.2, 0.25) is 0 Å². The Morgan fingerprint density at radius 3 is 1.79 bits per heavy atom. The number of benzene rings is 2. The molecule has 12 heteroatoms. The van der Waals surface area contributed by atoms with E-state index in [1.807, 2.05) is 0 Å². The van der Waals surface area contributed by atoms with E-state index in [1.54, 1.807) is 38.1 Å². The quantitative estimate of drug-likeness (QED) is 0.499. The summed E-state index contributed by atoms with van der Waals surface area (Å²) in [5, 5.41) is 21.0. The van der Waals surface area contributed by atoms with Gasteiger partial charge in [-0.2, -0.15) is 16.8 Å². The van der Waals surface area contributed by atoms with Gasteiger partial charge in [0.05, 0.1) is 16.4 Å². The number of ether oxygens (including phenoxy) is 2. The van der Waals surface area contributed by atoms with E-state index in [9.17, 15) is 27.0 Å². The predicted molar refractivity (Wildman–Crippen MR) is 115 cm³/mol. The second kappa shape index (κ2) is 10.2. The van der Waals surface area contributed by atoms with Crippen LogP contribution < -0.4 is 0 Å². The fourth-order valence-electron chi connectivity index (χ4n) is 3.17. The van der Waals surface area contributed by atoms with Gasteiger partial charge in [-0.3, -0.25) is 8.37 Å². The molecule has 0 aromatic heterocycles. The smallest absolute Gasteiger partial charge is 0.297 e. The molecule has 2 N–H and O–H groups in total. The van der Waals surface area contributed by atoms with E-state index in [4.69, 9.17) is 17.8 Å². The SMILES string of the molecule is CO[C@H]1O[C@H](COS(=O)(=O)c2ccc(C)cc2)[C@@H](O)[C@H](O)[C@H]1OS(=O)(=O)c1ccc(C)cc1. The van der Waals surface area contributed by atoms with Crippen LogP contribution in [0.3, 0.4) is 0 Å². The molecule has 0 spiro atoms. The highest BCUT2D eigenvalue weighted by molar-refractivity contribution is 7.87. The Kier molecular flexibility index (Phi) is 7.91. The molecule has 33 heavy (non-hydrogen) atoms. The fourth-order valence-corrected chi connectivity index (χ4v) is 5.17. The molecule has 182 valence electrons. The third-order valence-corrected chi connectivity index (χ3v) is 7.74. The average molecular weight is 503 g/mol. The Morgan fingerprint density at radius 1 is 0.818 bits per heavy atom. The van der Waals surface area contributed by atoms with Crippen LogP contribution in [-0.2, 0) is 38.1 Å². The van der Waals surface area contributed by atoms with Crippen molar-refractivity contribution in [2.24, 2.45) is 0 Å². The molecule has 0 bridgehead atoms. The van der Waals surface area contributed by atoms with Crippen LogP contribution in [0.4, 0.5) is 0 Å². The van der Waals surface area contributed by atoms with Crippen molar-refractivity contribution in [1.29, 1.82) is 0 Å². The molecule has 1 aliphatic rings. The van der Waals surface area contributed by atoms with Gasteiger partial charge in [-0.15, -0.1) is 0 Å². The average Bonchev–Trinajstić information content (AvgIpc) is 2.77. The van der Waals surface area contributed by atoms with E-state index < -0.39 is 57.5 Å². The Labute approximate surface area is 192 Å². The molecule has 0 saturated carbocycles. The first-order valence-electron chi connectivity index (χ1n) is 9.95. The fraction of sp³-hybridized carbons (Fsp3) is 0.429. The first kappa shape index (κ1) is 25.7. The van der Waals surface area contributed by atoms with Crippen molar-refractivity contribution in [2.45, 2.75) is 54.3 Å². The normalized spacial score (nSPS) is 26.3. The lowest BCUT2D eigenvalue weighted by Crippen LogP contribution is -2.60. The lowest BCUT2D eigenvalue weighted by Gasteiger charge is -2.41. The molecule has 2 aromatic carbocycles. The van der Waals surface area contributed by atoms with Gasteiger partial charge >= 0.3 is 0 Å². The molecule has 0 unspecified atom stereocenters. The summed E-state index contributed by atoms with van der Waals surface area (Å²) in [4.78, 5) is -0.244. The van der Waals surface area contributed by atoms with Gasteiger partial charge in [0.15, 0.2) is 12.4 Å². The number of hydrogen-bond donors (Lipinski definition) is 2. The molecular formula is C21H26O10S2. The second-order valence-corrected chi connectivity index (χ2v) is 10.8. The van der Waals surface area contributed by atoms with Crippen molar-refractivity contribution in [3.05, 3.63) is 59.7 Å². The van der Waals surface area contributed by atoms with Gasteiger partial charge in [-0.05, 0) is 38.1 Å². The van der Waals surface area contributed by atoms with E-state index >= 15 is 0 Å². The van der Waals surface area contributed by atoms with E-state index in [1.165, 1.54) is 31.4 Å². The highest BCUT2D eigenvalue weighted by Crippen LogP contribution is 2.28. The summed E-state index contributed by atoms with van der Waals surface area (Å²) in [7, 11) is -7.31. The summed E-state index contributed by atoms with van der Waals surface area (Å²) in [6.45, 7) is 2.94. The van der Waals surface area contributed by atoms with Gasteiger partial charge in [0.25, 0.3) is 20.2 Å². The summed E-state index contributed by atoms with van der Waals surface area (Å²) >= 11 is 0. The van der Waals surface area contributed by atoms with Crippen LogP contribution in [0.15, 0.2) is 58.3 Å². The Morgan fingerprint density at radius 2 is 1.30 bits per heavy atom. The zero-order valence-electron chi connectivity index (χ0n) is 18.2. The van der Waals surface area contributed by atoms with E-state index in [0.717, 1.165) is 11.1 Å². The minimum Gasteiger partial charge on any atom is -0.387 e. The van der Waals surface area contributed by atoms with E-state index in [-0.39, 0.29) is 9.79 Å². The maximum absolute atomic E-state index is 12.6. The van der Waals surface area contributed by atoms with Crippen molar-refractivity contribution in [3.8, 4) is 0 Å². The molecule has 2 aromatic rings. The van der Waals surface area contributed by atoms with E-state index in [0.29, 0.717) is 0 Å². The number of methoxy groups -OCH3 is 1. The summed E-state index contributed by atoms with van der Waals surface area (Å²) < 4.78 is 70.7. The minimum atomic E-state index is -4.33. The minimum absolute atomic E-state index is 0.0901. The summed E-state index contributed by atoms with van der Waals surface area (Å²) in [6.07, 6.45) is -7.88. The van der Waals surface area contributed by atoms with Gasteiger partial charge in [-0.1, -0.05) is 35.4 Å². The van der Waals surface area contributed by atoms with Crippen LogP contribution in [0.5, 0.6) is 0 Å². The number of aliphatic hydroxyl groups is 2. The van der Waals surface area contributed by atoms with Gasteiger partial charge < -0.3 is 19.7 Å². The predicted octanol–water partition coefficient (Wildman–Crippen LogP) is 0.876. The standard InChI is InChI=1S/C21H26O10S2/c1-13-4-8-15(9-5-13)32(24,25)29-12-17-18(22)19(23)20(21(28-3)30-17)31-33(26,27)16-10-6-14(2)7-11-16/h4-11,17-23H,12H2,1-3H3/t17-,18-,19+,20-,21+/m1/s1. The first-order chi connectivity index (χ1) is 15.4. The molecule has 3 rings (SSSR count). The van der Waals surface area contributed by atoms with Crippen molar-refractivity contribution in [1.82, 2.24) is 0 Å². The monoisotopic (exact) mass is 502 g/mol. The molecular weight excluding hydrogens is 476 g/mol. The van der Waals surface area contributed by atoms with Crippen molar-refractivity contribution in [3.63, 3.8) is 0 Å². The molecule has 10 nitrogen and oxygen atoms in total. The second-order valence-electron chi connectivity index (χ2n) is 7.64. The van der Waals surface area contributed by atoms with Gasteiger partial charge in [0, 0.05) is 7.11 Å². The number of hydrogen-bond acceptors (Lipinski definition) is 10. The largest absolute Gasteiger partial charge is 0.387 e. The van der Waals surface area contributed by atoms with Gasteiger partial charge in [-0.25, -0.2) is 0 Å². The topological polar surface area (TPSA) is 146 Å². The summed E-state index contributed by atoms with van der Waals surface area (Å²) in [6, 6.07) is 11.8. The Bertz CT molecular complexity index is 1140. The highest BCUT2D eigenvalue weighted by atomic mass is 32.2. The summed E-state index contributed by atoms with van der Waals surface area (Å²) in [5.74, 6) is 0. The molecule has 1 aliphatic heterocycles. The lowest BCUT2D eigenvalue weighted by atomic mass is 9.99. The lowest BCUT2D eigenvalue weighted by molar-refractivity contribution is -0.286. The molecule has 0 aliphatic carbocycles. The van der Waals surface area contributed by atoms with Crippen molar-refractivity contribution in [2.75, 3.05) is 13.7 Å². The highest BCUT2D eigenvalue weighted by Gasteiger charge is 2.48. The number of aliphatic hydroxyl groups excluding tert-OH is 2. The maximum atomic E-state index is 12.6. The van der Waals surface area contributed by atoms with Crippen LogP contribution >= 0.6 is 0 Å². The van der Waals surface area contributed by atoms with Crippen LogP contribution in [0, 0.1) is 13.8 Å². The van der Waals surface area contributed by atoms with Crippen molar-refractivity contribution >= 4 is 20.2 Å². The Balaban J connectivity index is 1.72. The van der Waals surface area contributed by atoms with E-state index in [2.05, 4.69) is 0 Å². The summed E-state index contributed by atoms with van der Waals surface area (Å²) in [5.41, 5.74) is 1.70. The molecule has 5 atom stereocenters. The molecule has 0 amide bonds. The zero-order chi connectivity index (χ0) is 24.4. The molecule has 1 fully saturated rings. The van der Waals surface area contributed by atoms with Crippen LogP contribution in [0.2, 0.25) is 0 Å². The number of aryl methyl sites for hydroxylation is 2. The Hall–Kier alpha value is -1.90. The van der Waals surface area contributed by atoms with Crippen LogP contribution in [0.1, 0.15) is 11.1 Å². The van der Waals surface area contributed by atoms with Crippen molar-refractivity contribution < 1.29 is 44.9 Å². The van der Waals surface area contributed by atoms with Crippen LogP contribution in [0.25, 0.3) is 0 Å². The van der Waals surface area contributed by atoms with Crippen LogP contribution in [-0.4, -0.2) is 71.5 Å². The van der Waals surface area contributed by atoms with Gasteiger partial charge in [0.1, 0.15) is 18.3 Å². The first-order valence-corrected chi connectivity index (χ1v) is 12.8. The number of rotatable bonds is 8. The third-order valence-electron chi connectivity index (χ3n) is 5.12. The molecule has 0 radical (unpaired) electrons. The molecule has 1 saturated heterocycles. The zero-order valence-corrected chi connectivity index (χ0v) is 19.8. The maximum Gasteiger partial charge on any atom is 0.297 e.